The second-order valence-electron chi connectivity index (χ2n) is 7.00. The Balaban J connectivity index is 0.000000231. The third-order valence-corrected chi connectivity index (χ3v) is 7.34. The minimum absolute atomic E-state index is 0.110. The van der Waals surface area contributed by atoms with E-state index in [1.165, 1.54) is 0 Å². The van der Waals surface area contributed by atoms with Gasteiger partial charge in [0.2, 0.25) is 26.0 Å². The van der Waals surface area contributed by atoms with Crippen molar-refractivity contribution in [2.24, 2.45) is 5.14 Å². The van der Waals surface area contributed by atoms with Gasteiger partial charge < -0.3 is 5.32 Å². The van der Waals surface area contributed by atoms with Gasteiger partial charge in [-0.15, -0.1) is 0 Å². The summed E-state index contributed by atoms with van der Waals surface area (Å²) in [5, 5.41) is 7.27. The predicted molar refractivity (Wildman–Crippen MR) is 88.6 cm³/mol. The van der Waals surface area contributed by atoms with E-state index in [1.54, 1.807) is 6.92 Å². The third kappa shape index (κ3) is 5.70. The lowest BCUT2D eigenvalue weighted by Crippen LogP contribution is -2.44. The number of sulfonamides is 2. The van der Waals surface area contributed by atoms with Crippen molar-refractivity contribution in [3.05, 3.63) is 0 Å². The highest BCUT2D eigenvalue weighted by atomic mass is 32.2. The van der Waals surface area contributed by atoms with E-state index in [1.807, 2.05) is 20.8 Å². The largest absolute Gasteiger partial charge is 0.355 e. The summed E-state index contributed by atoms with van der Waals surface area (Å²) in [5.41, 5.74) is -0.332. The Labute approximate surface area is 138 Å². The minimum Gasteiger partial charge on any atom is -0.355 e. The summed E-state index contributed by atoms with van der Waals surface area (Å²) in [6.45, 7) is 7.72. The molecule has 2 aliphatic carbocycles. The van der Waals surface area contributed by atoms with Crippen LogP contribution in [0.1, 0.15) is 53.4 Å². The van der Waals surface area contributed by atoms with Gasteiger partial charge in [0.15, 0.2) is 4.75 Å². The number of carbonyl (C=O) groups excluding carboxylic acids is 1. The molecule has 2 saturated carbocycles. The molecule has 0 aromatic carbocycles. The first-order chi connectivity index (χ1) is 10.3. The molecule has 2 aliphatic rings. The maximum atomic E-state index is 11.3. The number of amides is 1. The van der Waals surface area contributed by atoms with Crippen molar-refractivity contribution >= 4 is 26.0 Å². The molecular weight excluding hydrogens is 342 g/mol. The fourth-order valence-electron chi connectivity index (χ4n) is 1.96. The van der Waals surface area contributed by atoms with Gasteiger partial charge >= 0.3 is 0 Å². The molecule has 4 N–H and O–H groups in total. The molecule has 0 aromatic rings. The van der Waals surface area contributed by atoms with Crippen LogP contribution in [0.2, 0.25) is 0 Å². The second-order valence-corrected chi connectivity index (χ2v) is 10.8. The number of carbonyl (C=O) groups is 1. The van der Waals surface area contributed by atoms with Crippen LogP contribution >= 0.6 is 0 Å². The number of primary sulfonamides is 1. The summed E-state index contributed by atoms with van der Waals surface area (Å²) < 4.78 is 45.8. The van der Waals surface area contributed by atoms with Crippen LogP contribution in [0.25, 0.3) is 0 Å². The zero-order chi connectivity index (χ0) is 18.1. The smallest absolute Gasteiger partial charge is 0.242 e. The van der Waals surface area contributed by atoms with E-state index in [2.05, 4.69) is 10.0 Å². The van der Waals surface area contributed by atoms with Gasteiger partial charge in [0.05, 0.1) is 5.25 Å². The molecular formula is C13H27N3O5S2. The summed E-state index contributed by atoms with van der Waals surface area (Å²) in [6, 6.07) is 0. The second kappa shape index (κ2) is 6.66. The predicted octanol–water partition coefficient (Wildman–Crippen LogP) is -0.190. The lowest BCUT2D eigenvalue weighted by molar-refractivity contribution is -0.121. The van der Waals surface area contributed by atoms with Gasteiger partial charge in [-0.3, -0.25) is 4.79 Å². The number of rotatable bonds is 5. The molecule has 2 fully saturated rings. The molecule has 0 heterocycles. The lowest BCUT2D eigenvalue weighted by atomic mass is 10.1. The molecule has 0 aliphatic heterocycles. The van der Waals surface area contributed by atoms with Crippen LogP contribution in [0.15, 0.2) is 0 Å². The maximum Gasteiger partial charge on any atom is 0.242 e. The highest BCUT2D eigenvalue weighted by Gasteiger charge is 2.59. The fraction of sp³-hybridized carbons (Fsp3) is 0.923. The van der Waals surface area contributed by atoms with E-state index in [0.29, 0.717) is 19.4 Å². The third-order valence-electron chi connectivity index (χ3n) is 3.41. The summed E-state index contributed by atoms with van der Waals surface area (Å²) in [4.78, 5) is 11.2. The van der Waals surface area contributed by atoms with Crippen LogP contribution in [0.3, 0.4) is 0 Å². The quantitative estimate of drug-likeness (QED) is 0.617. The highest BCUT2D eigenvalue weighted by molar-refractivity contribution is 7.91. The van der Waals surface area contributed by atoms with Crippen molar-refractivity contribution in [1.29, 1.82) is 0 Å². The number of nitrogens with one attached hydrogen (secondary N) is 2. The SMILES string of the molecule is CC(C)(C)NS(=O)(=O)C1CC1.CCNC(=O)C1(S(N)(=O)=O)CC1. The lowest BCUT2D eigenvalue weighted by Gasteiger charge is -2.19. The molecule has 10 heteroatoms. The van der Waals surface area contributed by atoms with Crippen LogP contribution in [0, 0.1) is 0 Å². The van der Waals surface area contributed by atoms with Crippen molar-refractivity contribution in [2.45, 2.75) is 68.9 Å². The van der Waals surface area contributed by atoms with Gasteiger partial charge in [-0.1, -0.05) is 0 Å². The molecule has 0 unspecified atom stereocenters. The highest BCUT2D eigenvalue weighted by Crippen LogP contribution is 2.42. The van der Waals surface area contributed by atoms with Crippen LogP contribution in [-0.4, -0.2) is 44.8 Å². The standard InChI is InChI=1S/C7H15NO2S.C6H12N2O3S/c1-7(2,3)8-11(9,10)6-4-5-6;1-2-8-5(9)6(3-4-6)12(7,10)11/h6,8H,4-5H2,1-3H3;2-4H2,1H3,(H,8,9)(H2,7,10,11). The molecule has 0 saturated heterocycles. The monoisotopic (exact) mass is 369 g/mol. The van der Waals surface area contributed by atoms with Gasteiger partial charge in [-0.05, 0) is 53.4 Å². The van der Waals surface area contributed by atoms with Crippen molar-refractivity contribution in [1.82, 2.24) is 10.0 Å². The first kappa shape index (κ1) is 20.3. The van der Waals surface area contributed by atoms with E-state index in [4.69, 9.17) is 5.14 Å². The van der Waals surface area contributed by atoms with Crippen LogP contribution in [0.5, 0.6) is 0 Å². The summed E-state index contributed by atoms with van der Waals surface area (Å²) >= 11 is 0. The first-order valence-corrected chi connectivity index (χ1v) is 10.7. The van der Waals surface area contributed by atoms with Gasteiger partial charge in [0.25, 0.3) is 0 Å². The van der Waals surface area contributed by atoms with Crippen LogP contribution in [0.4, 0.5) is 0 Å². The van der Waals surface area contributed by atoms with Gasteiger partial charge in [-0.2, -0.15) is 0 Å². The Kier molecular flexibility index (Phi) is 5.88. The molecule has 0 bridgehead atoms. The first-order valence-electron chi connectivity index (χ1n) is 7.58. The van der Waals surface area contributed by atoms with Crippen molar-refractivity contribution in [3.8, 4) is 0 Å². The van der Waals surface area contributed by atoms with Gasteiger partial charge in [0, 0.05) is 12.1 Å². The number of hydrogen-bond donors (Lipinski definition) is 3. The zero-order valence-corrected chi connectivity index (χ0v) is 15.7. The zero-order valence-electron chi connectivity index (χ0n) is 14.0. The van der Waals surface area contributed by atoms with E-state index in [0.717, 1.165) is 12.8 Å². The molecule has 0 atom stereocenters. The number of nitrogens with two attached hydrogens (primary N) is 1. The normalized spacial score (nSPS) is 20.2. The molecule has 1 amide bonds. The topological polar surface area (TPSA) is 135 Å². The average molecular weight is 370 g/mol. The summed E-state index contributed by atoms with van der Waals surface area (Å²) in [5.74, 6) is -0.465. The molecule has 0 spiro atoms. The molecule has 2 rings (SSSR count). The summed E-state index contributed by atoms with van der Waals surface area (Å²) in [6.07, 6.45) is 2.34. The molecule has 8 nitrogen and oxygen atoms in total. The molecule has 23 heavy (non-hydrogen) atoms. The Hall–Kier alpha value is -0.710. The Morgan fingerprint density at radius 3 is 1.91 bits per heavy atom. The Bertz CT molecular complexity index is 642. The summed E-state index contributed by atoms with van der Waals surface area (Å²) in [7, 11) is -6.72. The van der Waals surface area contributed by atoms with E-state index in [9.17, 15) is 21.6 Å². The van der Waals surface area contributed by atoms with Crippen molar-refractivity contribution in [3.63, 3.8) is 0 Å². The minimum atomic E-state index is -3.72. The van der Waals surface area contributed by atoms with Crippen molar-refractivity contribution < 1.29 is 21.6 Å². The average Bonchev–Trinajstić information content (AvgIpc) is 3.18. The Morgan fingerprint density at radius 1 is 1.17 bits per heavy atom. The Morgan fingerprint density at radius 2 is 1.65 bits per heavy atom. The number of hydrogen-bond acceptors (Lipinski definition) is 5. The van der Waals surface area contributed by atoms with E-state index in [-0.39, 0.29) is 10.8 Å². The van der Waals surface area contributed by atoms with Crippen LogP contribution < -0.4 is 15.2 Å². The molecule has 136 valence electrons. The maximum absolute atomic E-state index is 11.3. The van der Waals surface area contributed by atoms with Gasteiger partial charge in [-0.25, -0.2) is 26.7 Å². The van der Waals surface area contributed by atoms with E-state index >= 15 is 0 Å². The van der Waals surface area contributed by atoms with Gasteiger partial charge in [0.1, 0.15) is 0 Å². The molecule has 0 radical (unpaired) electrons. The molecule has 0 aromatic heterocycles. The van der Waals surface area contributed by atoms with Crippen LogP contribution in [-0.2, 0) is 24.8 Å². The fourth-order valence-corrected chi connectivity index (χ4v) is 4.74. The van der Waals surface area contributed by atoms with Crippen molar-refractivity contribution in [2.75, 3.05) is 6.54 Å². The van der Waals surface area contributed by atoms with E-state index < -0.39 is 30.7 Å².